The molecule has 0 fully saturated rings. The summed E-state index contributed by atoms with van der Waals surface area (Å²) >= 11 is 0. The van der Waals surface area contributed by atoms with Crippen LogP contribution in [0.15, 0.2) is 12.3 Å². The molecule has 3 N–H and O–H groups in total. The topological polar surface area (TPSA) is 50.9 Å². The highest BCUT2D eigenvalue weighted by Crippen LogP contribution is 2.16. The lowest BCUT2D eigenvalue weighted by Gasteiger charge is -2.13. The smallest absolute Gasteiger partial charge is 0.126 e. The molecule has 0 aliphatic heterocycles. The first kappa shape index (κ1) is 12.0. The molecule has 3 heteroatoms. The van der Waals surface area contributed by atoms with Crippen LogP contribution >= 0.6 is 0 Å². The standard InChI is InChI=1S/C12H21N3/c1-4-14-10(3)5-6-11-9(2)7-8-15-12(11)13/h7-8,10,14H,4-6H2,1-3H3,(H2,13,15). The van der Waals surface area contributed by atoms with Gasteiger partial charge in [-0.2, -0.15) is 0 Å². The highest BCUT2D eigenvalue weighted by Gasteiger charge is 2.06. The minimum absolute atomic E-state index is 0.536. The van der Waals surface area contributed by atoms with Gasteiger partial charge in [-0.05, 0) is 50.4 Å². The maximum absolute atomic E-state index is 5.85. The van der Waals surface area contributed by atoms with Gasteiger partial charge in [-0.15, -0.1) is 0 Å². The molecule has 1 aromatic heterocycles. The van der Waals surface area contributed by atoms with E-state index in [1.54, 1.807) is 6.20 Å². The maximum atomic E-state index is 5.85. The molecule has 0 aliphatic carbocycles. The number of aromatic nitrogens is 1. The monoisotopic (exact) mass is 207 g/mol. The Morgan fingerprint density at radius 3 is 2.87 bits per heavy atom. The van der Waals surface area contributed by atoms with Crippen LogP contribution in [-0.4, -0.2) is 17.6 Å². The molecule has 0 aromatic carbocycles. The summed E-state index contributed by atoms with van der Waals surface area (Å²) in [6.07, 6.45) is 3.87. The first-order valence-corrected chi connectivity index (χ1v) is 5.58. The molecule has 3 nitrogen and oxygen atoms in total. The molecular formula is C12H21N3. The summed E-state index contributed by atoms with van der Waals surface area (Å²) < 4.78 is 0. The predicted molar refractivity (Wildman–Crippen MR) is 64.8 cm³/mol. The lowest BCUT2D eigenvalue weighted by atomic mass is 10.0. The quantitative estimate of drug-likeness (QED) is 0.775. The Balaban J connectivity index is 2.57. The van der Waals surface area contributed by atoms with Crippen LogP contribution in [0.3, 0.4) is 0 Å². The van der Waals surface area contributed by atoms with Crippen molar-refractivity contribution in [1.29, 1.82) is 0 Å². The van der Waals surface area contributed by atoms with Gasteiger partial charge in [0.25, 0.3) is 0 Å². The number of pyridine rings is 1. The molecule has 0 saturated heterocycles. The molecule has 0 radical (unpaired) electrons. The Kier molecular flexibility index (Phi) is 4.56. The zero-order valence-corrected chi connectivity index (χ0v) is 9.88. The Hall–Kier alpha value is -1.09. The number of nitrogen functional groups attached to an aromatic ring is 1. The van der Waals surface area contributed by atoms with Gasteiger partial charge in [-0.25, -0.2) is 4.98 Å². The van der Waals surface area contributed by atoms with Crippen molar-refractivity contribution < 1.29 is 0 Å². The molecule has 84 valence electrons. The molecule has 1 aromatic rings. The van der Waals surface area contributed by atoms with Gasteiger partial charge in [0.1, 0.15) is 5.82 Å². The number of nitrogens with two attached hydrogens (primary N) is 1. The van der Waals surface area contributed by atoms with E-state index in [2.05, 4.69) is 31.1 Å². The van der Waals surface area contributed by atoms with Gasteiger partial charge in [0, 0.05) is 12.2 Å². The summed E-state index contributed by atoms with van der Waals surface area (Å²) in [6, 6.07) is 2.55. The van der Waals surface area contributed by atoms with Crippen LogP contribution in [-0.2, 0) is 6.42 Å². The number of aryl methyl sites for hydroxylation is 1. The minimum atomic E-state index is 0.536. The number of anilines is 1. The largest absolute Gasteiger partial charge is 0.383 e. The number of rotatable bonds is 5. The fraction of sp³-hybridized carbons (Fsp3) is 0.583. The van der Waals surface area contributed by atoms with Crippen LogP contribution < -0.4 is 11.1 Å². The molecule has 1 heterocycles. The lowest BCUT2D eigenvalue weighted by Crippen LogP contribution is -2.26. The van der Waals surface area contributed by atoms with Crippen molar-refractivity contribution in [2.24, 2.45) is 0 Å². The van der Waals surface area contributed by atoms with Crippen molar-refractivity contribution in [2.75, 3.05) is 12.3 Å². The number of nitrogens with zero attached hydrogens (tertiary/aromatic N) is 1. The van der Waals surface area contributed by atoms with Crippen LogP contribution in [0.25, 0.3) is 0 Å². The highest BCUT2D eigenvalue weighted by molar-refractivity contribution is 5.43. The molecule has 1 atom stereocenters. The Labute approximate surface area is 92.1 Å². The second kappa shape index (κ2) is 5.71. The summed E-state index contributed by atoms with van der Waals surface area (Å²) in [5, 5.41) is 3.39. The first-order valence-electron chi connectivity index (χ1n) is 5.58. The third-order valence-corrected chi connectivity index (χ3v) is 2.70. The summed E-state index contributed by atoms with van der Waals surface area (Å²) in [6.45, 7) is 7.43. The molecular weight excluding hydrogens is 186 g/mol. The average molecular weight is 207 g/mol. The molecule has 0 amide bonds. The molecule has 0 saturated carbocycles. The van der Waals surface area contributed by atoms with E-state index in [-0.39, 0.29) is 0 Å². The van der Waals surface area contributed by atoms with Crippen LogP contribution in [0.1, 0.15) is 31.4 Å². The van der Waals surface area contributed by atoms with Gasteiger partial charge in [0.15, 0.2) is 0 Å². The van der Waals surface area contributed by atoms with E-state index < -0.39 is 0 Å². The van der Waals surface area contributed by atoms with E-state index in [4.69, 9.17) is 5.73 Å². The molecule has 15 heavy (non-hydrogen) atoms. The van der Waals surface area contributed by atoms with Crippen molar-refractivity contribution >= 4 is 5.82 Å². The minimum Gasteiger partial charge on any atom is -0.383 e. The average Bonchev–Trinajstić information content (AvgIpc) is 2.17. The van der Waals surface area contributed by atoms with Crippen molar-refractivity contribution in [2.45, 2.75) is 39.7 Å². The van der Waals surface area contributed by atoms with Gasteiger partial charge >= 0.3 is 0 Å². The second-order valence-corrected chi connectivity index (χ2v) is 3.99. The third kappa shape index (κ3) is 3.51. The van der Waals surface area contributed by atoms with Gasteiger partial charge in [0.05, 0.1) is 0 Å². The maximum Gasteiger partial charge on any atom is 0.126 e. The van der Waals surface area contributed by atoms with E-state index in [1.165, 1.54) is 11.1 Å². The Morgan fingerprint density at radius 2 is 2.27 bits per heavy atom. The fourth-order valence-corrected chi connectivity index (χ4v) is 1.75. The van der Waals surface area contributed by atoms with Crippen molar-refractivity contribution in [1.82, 2.24) is 10.3 Å². The molecule has 0 bridgehead atoms. The van der Waals surface area contributed by atoms with Gasteiger partial charge in [-0.1, -0.05) is 6.92 Å². The Morgan fingerprint density at radius 1 is 1.53 bits per heavy atom. The zero-order chi connectivity index (χ0) is 11.3. The van der Waals surface area contributed by atoms with E-state index in [0.29, 0.717) is 11.9 Å². The van der Waals surface area contributed by atoms with Crippen LogP contribution in [0, 0.1) is 6.92 Å². The lowest BCUT2D eigenvalue weighted by molar-refractivity contribution is 0.530. The molecule has 0 spiro atoms. The van der Waals surface area contributed by atoms with Gasteiger partial charge in [-0.3, -0.25) is 0 Å². The molecule has 1 rings (SSSR count). The van der Waals surface area contributed by atoms with Crippen LogP contribution in [0.2, 0.25) is 0 Å². The van der Waals surface area contributed by atoms with E-state index in [0.717, 1.165) is 19.4 Å². The van der Waals surface area contributed by atoms with Gasteiger partial charge in [0.2, 0.25) is 0 Å². The highest BCUT2D eigenvalue weighted by atomic mass is 14.9. The summed E-state index contributed by atoms with van der Waals surface area (Å²) in [5.74, 6) is 0.679. The SMILES string of the molecule is CCNC(C)CCc1c(C)ccnc1N. The van der Waals surface area contributed by atoms with E-state index in [1.807, 2.05) is 6.07 Å². The predicted octanol–water partition coefficient (Wildman–Crippen LogP) is 1.90. The molecule has 0 aliphatic rings. The normalized spacial score (nSPS) is 12.7. The van der Waals surface area contributed by atoms with Crippen LogP contribution in [0.4, 0.5) is 5.82 Å². The number of hydrogen-bond donors (Lipinski definition) is 2. The van der Waals surface area contributed by atoms with E-state index in [9.17, 15) is 0 Å². The Bertz CT molecular complexity index is 289. The number of hydrogen-bond acceptors (Lipinski definition) is 3. The summed E-state index contributed by atoms with van der Waals surface area (Å²) in [7, 11) is 0. The third-order valence-electron chi connectivity index (χ3n) is 2.70. The summed E-state index contributed by atoms with van der Waals surface area (Å²) in [5.41, 5.74) is 8.29. The summed E-state index contributed by atoms with van der Waals surface area (Å²) in [4.78, 5) is 4.12. The van der Waals surface area contributed by atoms with Crippen LogP contribution in [0.5, 0.6) is 0 Å². The fourth-order valence-electron chi connectivity index (χ4n) is 1.75. The first-order chi connectivity index (χ1) is 7.15. The van der Waals surface area contributed by atoms with Crippen molar-refractivity contribution in [3.05, 3.63) is 23.4 Å². The van der Waals surface area contributed by atoms with Crippen molar-refractivity contribution in [3.63, 3.8) is 0 Å². The second-order valence-electron chi connectivity index (χ2n) is 3.99. The zero-order valence-electron chi connectivity index (χ0n) is 9.88. The van der Waals surface area contributed by atoms with Crippen molar-refractivity contribution in [3.8, 4) is 0 Å². The number of nitrogens with one attached hydrogen (secondary N) is 1. The molecule has 1 unspecified atom stereocenters. The van der Waals surface area contributed by atoms with Gasteiger partial charge < -0.3 is 11.1 Å². The van der Waals surface area contributed by atoms with E-state index >= 15 is 0 Å².